The SMILES string of the molecule is O=CN1CCN(c2nc3ccccc3[nH]2)CC1. The molecule has 1 saturated heterocycles. The molecule has 5 heteroatoms. The summed E-state index contributed by atoms with van der Waals surface area (Å²) < 4.78 is 0. The number of amides is 1. The number of fused-ring (bicyclic) bond motifs is 1. The first-order valence-corrected chi connectivity index (χ1v) is 5.76. The number of imidazole rings is 1. The topological polar surface area (TPSA) is 52.2 Å². The van der Waals surface area contributed by atoms with Gasteiger partial charge in [-0.2, -0.15) is 0 Å². The zero-order chi connectivity index (χ0) is 11.7. The first kappa shape index (κ1) is 10.1. The third kappa shape index (κ3) is 1.84. The van der Waals surface area contributed by atoms with Gasteiger partial charge in [0.2, 0.25) is 12.4 Å². The van der Waals surface area contributed by atoms with Crippen LogP contribution in [0.4, 0.5) is 5.95 Å². The standard InChI is InChI=1S/C12H14N4O/c17-9-15-5-7-16(8-6-15)12-13-10-3-1-2-4-11(10)14-12/h1-4,9H,5-8H2,(H,13,14). The Hall–Kier alpha value is -2.04. The smallest absolute Gasteiger partial charge is 0.209 e. The number of carbonyl (C=O) groups is 1. The van der Waals surface area contributed by atoms with E-state index in [2.05, 4.69) is 14.9 Å². The van der Waals surface area contributed by atoms with Crippen LogP contribution in [0.2, 0.25) is 0 Å². The van der Waals surface area contributed by atoms with Gasteiger partial charge in [-0.25, -0.2) is 4.98 Å². The van der Waals surface area contributed by atoms with Crippen molar-refractivity contribution in [3.63, 3.8) is 0 Å². The molecule has 2 aromatic rings. The largest absolute Gasteiger partial charge is 0.342 e. The maximum atomic E-state index is 10.6. The number of hydrogen-bond acceptors (Lipinski definition) is 3. The number of para-hydroxylation sites is 2. The second-order valence-corrected chi connectivity index (χ2v) is 4.21. The van der Waals surface area contributed by atoms with Crippen molar-refractivity contribution in [1.29, 1.82) is 0 Å². The van der Waals surface area contributed by atoms with E-state index in [9.17, 15) is 4.79 Å². The van der Waals surface area contributed by atoms with Gasteiger partial charge in [-0.1, -0.05) is 12.1 Å². The van der Waals surface area contributed by atoms with Crippen molar-refractivity contribution in [3.8, 4) is 0 Å². The number of anilines is 1. The summed E-state index contributed by atoms with van der Waals surface area (Å²) in [5.74, 6) is 0.900. The molecule has 1 aromatic carbocycles. The Morgan fingerprint density at radius 3 is 2.65 bits per heavy atom. The van der Waals surface area contributed by atoms with E-state index in [1.807, 2.05) is 24.3 Å². The summed E-state index contributed by atoms with van der Waals surface area (Å²) in [5.41, 5.74) is 2.04. The number of rotatable bonds is 2. The molecule has 0 atom stereocenters. The first-order chi connectivity index (χ1) is 8.36. The number of aromatic nitrogens is 2. The maximum Gasteiger partial charge on any atom is 0.209 e. The first-order valence-electron chi connectivity index (χ1n) is 5.76. The Kier molecular flexibility index (Phi) is 2.44. The number of carbonyl (C=O) groups excluding carboxylic acids is 1. The lowest BCUT2D eigenvalue weighted by molar-refractivity contribution is -0.118. The molecular weight excluding hydrogens is 216 g/mol. The molecule has 88 valence electrons. The predicted molar refractivity (Wildman–Crippen MR) is 65.9 cm³/mol. The van der Waals surface area contributed by atoms with Gasteiger partial charge in [0, 0.05) is 26.2 Å². The van der Waals surface area contributed by atoms with Gasteiger partial charge in [0.05, 0.1) is 11.0 Å². The van der Waals surface area contributed by atoms with Crippen molar-refractivity contribution in [2.24, 2.45) is 0 Å². The van der Waals surface area contributed by atoms with Crippen molar-refractivity contribution in [2.75, 3.05) is 31.1 Å². The summed E-state index contributed by atoms with van der Waals surface area (Å²) in [4.78, 5) is 22.5. The number of nitrogens with zero attached hydrogens (tertiary/aromatic N) is 3. The number of nitrogens with one attached hydrogen (secondary N) is 1. The third-order valence-corrected chi connectivity index (χ3v) is 3.14. The minimum absolute atomic E-state index is 0.764. The van der Waals surface area contributed by atoms with E-state index in [0.717, 1.165) is 49.6 Å². The monoisotopic (exact) mass is 230 g/mol. The van der Waals surface area contributed by atoms with Crippen LogP contribution < -0.4 is 4.90 Å². The van der Waals surface area contributed by atoms with Crippen molar-refractivity contribution < 1.29 is 4.79 Å². The average Bonchev–Trinajstić information content (AvgIpc) is 2.82. The molecule has 2 heterocycles. The molecular formula is C12H14N4O. The number of hydrogen-bond donors (Lipinski definition) is 1. The normalized spacial score (nSPS) is 16.5. The van der Waals surface area contributed by atoms with Crippen LogP contribution in [0.5, 0.6) is 0 Å². The molecule has 0 unspecified atom stereocenters. The van der Waals surface area contributed by atoms with Gasteiger partial charge in [0.25, 0.3) is 0 Å². The second kappa shape index (κ2) is 4.08. The summed E-state index contributed by atoms with van der Waals surface area (Å²) in [6.07, 6.45) is 0.913. The van der Waals surface area contributed by atoms with Crippen LogP contribution in [0.25, 0.3) is 11.0 Å². The lowest BCUT2D eigenvalue weighted by atomic mass is 10.3. The zero-order valence-electron chi connectivity index (χ0n) is 9.47. The Balaban J connectivity index is 1.82. The Morgan fingerprint density at radius 1 is 1.18 bits per heavy atom. The molecule has 5 nitrogen and oxygen atoms in total. The van der Waals surface area contributed by atoms with E-state index in [0.29, 0.717) is 0 Å². The molecule has 1 N–H and O–H groups in total. The molecule has 0 bridgehead atoms. The number of benzene rings is 1. The van der Waals surface area contributed by atoms with E-state index >= 15 is 0 Å². The van der Waals surface area contributed by atoms with Gasteiger partial charge in [0.1, 0.15) is 0 Å². The highest BCUT2D eigenvalue weighted by Gasteiger charge is 2.17. The third-order valence-electron chi connectivity index (χ3n) is 3.14. The second-order valence-electron chi connectivity index (χ2n) is 4.21. The van der Waals surface area contributed by atoms with Crippen LogP contribution in [0, 0.1) is 0 Å². The zero-order valence-corrected chi connectivity index (χ0v) is 9.47. The van der Waals surface area contributed by atoms with Gasteiger partial charge < -0.3 is 14.8 Å². The number of H-pyrrole nitrogens is 1. The fraction of sp³-hybridized carbons (Fsp3) is 0.333. The van der Waals surface area contributed by atoms with Gasteiger partial charge >= 0.3 is 0 Å². The molecule has 1 aromatic heterocycles. The van der Waals surface area contributed by atoms with E-state index in [1.54, 1.807) is 4.90 Å². The van der Waals surface area contributed by atoms with Gasteiger partial charge in [-0.05, 0) is 12.1 Å². The summed E-state index contributed by atoms with van der Waals surface area (Å²) in [6, 6.07) is 8.00. The van der Waals surface area contributed by atoms with E-state index < -0.39 is 0 Å². The fourth-order valence-corrected chi connectivity index (χ4v) is 2.13. The molecule has 0 saturated carbocycles. The van der Waals surface area contributed by atoms with Crippen LogP contribution in [0.15, 0.2) is 24.3 Å². The molecule has 1 aliphatic heterocycles. The average molecular weight is 230 g/mol. The summed E-state index contributed by atoms with van der Waals surface area (Å²) in [7, 11) is 0. The minimum Gasteiger partial charge on any atom is -0.342 e. The quantitative estimate of drug-likeness (QED) is 0.778. The van der Waals surface area contributed by atoms with Gasteiger partial charge in [-0.15, -0.1) is 0 Å². The molecule has 1 fully saturated rings. The van der Waals surface area contributed by atoms with E-state index in [-0.39, 0.29) is 0 Å². The molecule has 1 amide bonds. The highest BCUT2D eigenvalue weighted by atomic mass is 16.1. The van der Waals surface area contributed by atoms with Crippen LogP contribution in [-0.4, -0.2) is 47.5 Å². The van der Waals surface area contributed by atoms with Crippen molar-refractivity contribution in [3.05, 3.63) is 24.3 Å². The van der Waals surface area contributed by atoms with Gasteiger partial charge in [-0.3, -0.25) is 4.79 Å². The molecule has 0 spiro atoms. The molecule has 3 rings (SSSR count). The Labute approximate surface area is 99.0 Å². The van der Waals surface area contributed by atoms with E-state index in [4.69, 9.17) is 0 Å². The number of aromatic amines is 1. The fourth-order valence-electron chi connectivity index (χ4n) is 2.13. The highest BCUT2D eigenvalue weighted by Crippen LogP contribution is 2.17. The van der Waals surface area contributed by atoms with Crippen LogP contribution in [-0.2, 0) is 4.79 Å². The van der Waals surface area contributed by atoms with Crippen molar-refractivity contribution in [2.45, 2.75) is 0 Å². The minimum atomic E-state index is 0.764. The highest BCUT2D eigenvalue weighted by molar-refractivity contribution is 5.77. The molecule has 0 radical (unpaired) electrons. The lowest BCUT2D eigenvalue weighted by Crippen LogP contribution is -2.46. The summed E-state index contributed by atoms with van der Waals surface area (Å²) in [6.45, 7) is 3.19. The van der Waals surface area contributed by atoms with Crippen molar-refractivity contribution >= 4 is 23.4 Å². The van der Waals surface area contributed by atoms with Crippen LogP contribution in [0.1, 0.15) is 0 Å². The predicted octanol–water partition coefficient (Wildman–Crippen LogP) is 0.841. The van der Waals surface area contributed by atoms with Crippen LogP contribution >= 0.6 is 0 Å². The molecule has 0 aliphatic carbocycles. The van der Waals surface area contributed by atoms with Gasteiger partial charge in [0.15, 0.2) is 0 Å². The Morgan fingerprint density at radius 2 is 1.94 bits per heavy atom. The van der Waals surface area contributed by atoms with Crippen molar-refractivity contribution in [1.82, 2.24) is 14.9 Å². The summed E-state index contributed by atoms with van der Waals surface area (Å²) in [5, 5.41) is 0. The Bertz CT molecular complexity index is 495. The molecule has 1 aliphatic rings. The van der Waals surface area contributed by atoms with Crippen LogP contribution in [0.3, 0.4) is 0 Å². The molecule has 17 heavy (non-hydrogen) atoms. The summed E-state index contributed by atoms with van der Waals surface area (Å²) >= 11 is 0. The number of piperazine rings is 1. The van der Waals surface area contributed by atoms with E-state index in [1.165, 1.54) is 0 Å². The lowest BCUT2D eigenvalue weighted by Gasteiger charge is -2.32. The maximum absolute atomic E-state index is 10.6.